The Balaban J connectivity index is 2.30. The third kappa shape index (κ3) is 2.04. The van der Waals surface area contributed by atoms with E-state index in [0.717, 1.165) is 0 Å². The molecule has 0 radical (unpaired) electrons. The van der Waals surface area contributed by atoms with Crippen molar-refractivity contribution in [2.24, 2.45) is 4.78 Å². The van der Waals surface area contributed by atoms with Gasteiger partial charge in [0, 0.05) is 0 Å². The molecule has 0 saturated heterocycles. The Morgan fingerprint density at radius 2 is 1.00 bits per heavy atom. The van der Waals surface area contributed by atoms with Crippen molar-refractivity contribution < 1.29 is 13.9 Å². The quantitative estimate of drug-likeness (QED) is 0.820. The molecule has 0 saturated carbocycles. The van der Waals surface area contributed by atoms with E-state index < -0.39 is 13.9 Å². The second-order valence-electron chi connectivity index (χ2n) is 2.82. The summed E-state index contributed by atoms with van der Waals surface area (Å²) >= 11 is -0.647. The number of rotatable bonds is 2. The predicted octanol–water partition coefficient (Wildman–Crippen LogP) is 1.13. The van der Waals surface area contributed by atoms with E-state index in [0.29, 0.717) is 0 Å². The molecule has 0 atom stereocenters. The molecule has 2 aromatic carbocycles. The van der Waals surface area contributed by atoms with Crippen LogP contribution in [0.2, 0.25) is 0 Å². The van der Waals surface area contributed by atoms with E-state index in [1.165, 1.54) is 9.00 Å². The van der Waals surface area contributed by atoms with Gasteiger partial charge in [-0.3, -0.25) is 0 Å². The molecule has 2 N–H and O–H groups in total. The molecule has 0 aliphatic rings. The molecular weight excluding hydrogens is 217 g/mol. The van der Waals surface area contributed by atoms with Crippen LogP contribution >= 0.6 is 0 Å². The van der Waals surface area contributed by atoms with Crippen LogP contribution in [-0.2, 0) is 13.9 Å². The van der Waals surface area contributed by atoms with Crippen LogP contribution in [0, 0.1) is 0 Å². The molecule has 74 valence electrons. The summed E-state index contributed by atoms with van der Waals surface area (Å²) in [6.45, 7) is 0. The van der Waals surface area contributed by atoms with Gasteiger partial charge in [0.2, 0.25) is 0 Å². The number of benzene rings is 2. The van der Waals surface area contributed by atoms with Gasteiger partial charge in [0.05, 0.1) is 0 Å². The SMILES string of the molecule is [NH2][Co]([c]1ccccc1)[c]1ccccc1. The van der Waals surface area contributed by atoms with Crippen LogP contribution in [-0.4, -0.2) is 0 Å². The first kappa shape index (κ1) is 9.46. The molecule has 1 nitrogen and oxygen atoms in total. The van der Waals surface area contributed by atoms with E-state index in [-0.39, 0.29) is 0 Å². The van der Waals surface area contributed by atoms with Crippen LogP contribution in [0.1, 0.15) is 0 Å². The molecule has 0 aliphatic carbocycles. The topological polar surface area (TPSA) is 26.0 Å². The first-order valence-corrected chi connectivity index (χ1v) is 5.99. The van der Waals surface area contributed by atoms with E-state index in [4.69, 9.17) is 4.78 Å². The van der Waals surface area contributed by atoms with Crippen LogP contribution in [0.5, 0.6) is 0 Å². The van der Waals surface area contributed by atoms with Gasteiger partial charge in [0.15, 0.2) is 0 Å². The first-order valence-electron chi connectivity index (χ1n) is 4.35. The molecule has 0 aliphatic heterocycles. The average molecular weight is 229 g/mol. The standard InChI is InChI=1S/2C6H5.Co.H2N/c2*1-2-4-6-5-3-1;;/h2*1-5H;;1H2/q;;+1;-1. The first-order chi connectivity index (χ1) is 6.88. The summed E-state index contributed by atoms with van der Waals surface area (Å²) in [5.41, 5.74) is 0. The minimum absolute atomic E-state index is 0.647. The Kier molecular flexibility index (Phi) is 2.99. The van der Waals surface area contributed by atoms with Crippen molar-refractivity contribution in [2.45, 2.75) is 0 Å². The third-order valence-electron chi connectivity index (χ3n) is 1.85. The van der Waals surface area contributed by atoms with Gasteiger partial charge in [-0.2, -0.15) is 0 Å². The second-order valence-corrected chi connectivity index (χ2v) is 4.88. The number of hydrogen-bond acceptors (Lipinski definition) is 1. The molecule has 0 spiro atoms. The van der Waals surface area contributed by atoms with Crippen molar-refractivity contribution in [1.29, 1.82) is 0 Å². The Hall–Kier alpha value is -1.09. The predicted molar refractivity (Wildman–Crippen MR) is 56.3 cm³/mol. The Morgan fingerprint density at radius 3 is 1.36 bits per heavy atom. The molecule has 0 amide bonds. The zero-order valence-corrected chi connectivity index (χ0v) is 8.73. The molecule has 0 fully saturated rings. The van der Waals surface area contributed by atoms with Crippen LogP contribution in [0.4, 0.5) is 0 Å². The van der Waals surface area contributed by atoms with Gasteiger partial charge in [-0.25, -0.2) is 0 Å². The monoisotopic (exact) mass is 229 g/mol. The Labute approximate surface area is 88.5 Å². The van der Waals surface area contributed by atoms with E-state index in [1.54, 1.807) is 0 Å². The molecule has 14 heavy (non-hydrogen) atoms. The van der Waals surface area contributed by atoms with Crippen LogP contribution in [0.15, 0.2) is 60.7 Å². The summed E-state index contributed by atoms with van der Waals surface area (Å²) in [4.78, 5) is 6.18. The van der Waals surface area contributed by atoms with Gasteiger partial charge in [-0.05, 0) is 0 Å². The maximum absolute atomic E-state index is 6.18. The molecule has 2 rings (SSSR count). The second kappa shape index (κ2) is 4.42. The summed E-state index contributed by atoms with van der Waals surface area (Å²) in [6, 6.07) is 20.5. The fraction of sp³-hybridized carbons (Fsp3) is 0. The normalized spacial score (nSPS) is 11.1. The van der Waals surface area contributed by atoms with Gasteiger partial charge in [-0.15, -0.1) is 0 Å². The van der Waals surface area contributed by atoms with E-state index in [2.05, 4.69) is 24.3 Å². The molecule has 0 aromatic heterocycles. The van der Waals surface area contributed by atoms with Crippen molar-refractivity contribution in [3.63, 3.8) is 0 Å². The summed E-state index contributed by atoms with van der Waals surface area (Å²) in [5, 5.41) is 0. The van der Waals surface area contributed by atoms with Gasteiger partial charge >= 0.3 is 88.3 Å². The summed E-state index contributed by atoms with van der Waals surface area (Å²) < 4.78 is 2.43. The summed E-state index contributed by atoms with van der Waals surface area (Å²) in [5.74, 6) is 0. The fourth-order valence-corrected chi connectivity index (χ4v) is 2.66. The minimum atomic E-state index is -0.647. The Bertz CT molecular complexity index is 346. The fourth-order valence-electron chi connectivity index (χ4n) is 1.16. The van der Waals surface area contributed by atoms with Crippen LogP contribution in [0.25, 0.3) is 0 Å². The summed E-state index contributed by atoms with van der Waals surface area (Å²) in [7, 11) is 0. The van der Waals surface area contributed by atoms with Crippen molar-refractivity contribution in [3.05, 3.63) is 60.7 Å². The molecule has 0 unspecified atom stereocenters. The summed E-state index contributed by atoms with van der Waals surface area (Å²) in [6.07, 6.45) is 0. The van der Waals surface area contributed by atoms with Crippen molar-refractivity contribution in [2.75, 3.05) is 0 Å². The Morgan fingerprint density at radius 1 is 0.643 bits per heavy atom. The molecule has 0 heterocycles. The van der Waals surface area contributed by atoms with E-state index in [9.17, 15) is 0 Å². The molecule has 2 aromatic rings. The van der Waals surface area contributed by atoms with Gasteiger partial charge in [0.1, 0.15) is 0 Å². The maximum atomic E-state index is 6.18. The van der Waals surface area contributed by atoms with E-state index >= 15 is 0 Å². The molecule has 0 bridgehead atoms. The van der Waals surface area contributed by atoms with Gasteiger partial charge in [0.25, 0.3) is 0 Å². The van der Waals surface area contributed by atoms with Crippen molar-refractivity contribution in [3.8, 4) is 0 Å². The van der Waals surface area contributed by atoms with E-state index in [1.807, 2.05) is 36.4 Å². The number of hydrogen-bond donors (Lipinski definition) is 1. The number of nitrogens with two attached hydrogens (primary N) is 1. The zero-order chi connectivity index (χ0) is 9.80. The van der Waals surface area contributed by atoms with Crippen LogP contribution in [0.3, 0.4) is 0 Å². The zero-order valence-electron chi connectivity index (χ0n) is 7.68. The van der Waals surface area contributed by atoms with Gasteiger partial charge in [-0.1, -0.05) is 0 Å². The third-order valence-corrected chi connectivity index (χ3v) is 3.84. The molecule has 2 heteroatoms. The van der Waals surface area contributed by atoms with Crippen molar-refractivity contribution in [1.82, 2.24) is 0 Å². The average Bonchev–Trinajstić information content (AvgIpc) is 2.30. The van der Waals surface area contributed by atoms with Crippen molar-refractivity contribution >= 4 is 9.00 Å². The van der Waals surface area contributed by atoms with Crippen LogP contribution < -0.4 is 13.8 Å². The molecular formula is C12H12CoN. The van der Waals surface area contributed by atoms with Gasteiger partial charge < -0.3 is 0 Å².